The van der Waals surface area contributed by atoms with Crippen molar-refractivity contribution in [2.75, 3.05) is 6.16 Å². The number of rotatable bonds is 8. The van der Waals surface area contributed by atoms with Crippen LogP contribution in [-0.2, 0) is 18.4 Å². The van der Waals surface area contributed by atoms with Gasteiger partial charge in [-0.25, -0.2) is 0 Å². The third-order valence-corrected chi connectivity index (χ3v) is 4.59. The Hall–Kier alpha value is -0.220. The molecule has 0 heterocycles. The zero-order chi connectivity index (χ0) is 14.5. The van der Waals surface area contributed by atoms with Gasteiger partial charge in [-0.3, -0.25) is 9.36 Å². The molecular weight excluding hydrogens is 255 g/mol. The Kier molecular flexibility index (Phi) is 7.30. The summed E-state index contributed by atoms with van der Waals surface area (Å²) in [6.07, 6.45) is -1.49. The molecule has 0 saturated heterocycles. The van der Waals surface area contributed by atoms with Crippen molar-refractivity contribution in [2.24, 2.45) is 5.92 Å². The van der Waals surface area contributed by atoms with Crippen LogP contribution in [0.25, 0.3) is 0 Å². The zero-order valence-corrected chi connectivity index (χ0v) is 12.9. The van der Waals surface area contributed by atoms with E-state index in [0.29, 0.717) is 0 Å². The highest BCUT2D eigenvalue weighted by Gasteiger charge is 2.35. The topological polar surface area (TPSA) is 72.8 Å². The zero-order valence-electron chi connectivity index (χ0n) is 12.0. The number of carbonyl (C=O) groups excluding carboxylic acids is 1. The van der Waals surface area contributed by atoms with Crippen molar-refractivity contribution in [3.63, 3.8) is 0 Å². The van der Waals surface area contributed by atoms with Crippen LogP contribution in [0.1, 0.15) is 41.5 Å². The molecule has 0 fully saturated rings. The Balaban J connectivity index is 4.97. The lowest BCUT2D eigenvalue weighted by Crippen LogP contribution is -2.29. The lowest BCUT2D eigenvalue weighted by Gasteiger charge is -2.26. The Morgan fingerprint density at radius 1 is 1.11 bits per heavy atom. The van der Waals surface area contributed by atoms with Crippen molar-refractivity contribution >= 4 is 13.4 Å². The molecule has 0 radical (unpaired) electrons. The summed E-state index contributed by atoms with van der Waals surface area (Å²) in [6.45, 7) is 9.87. The van der Waals surface area contributed by atoms with Gasteiger partial charge < -0.3 is 14.2 Å². The van der Waals surface area contributed by atoms with Gasteiger partial charge in [-0.2, -0.15) is 0 Å². The number of hydrogen-bond donors (Lipinski definition) is 1. The van der Waals surface area contributed by atoms with E-state index < -0.39 is 19.6 Å². The minimum absolute atomic E-state index is 0.0869. The monoisotopic (exact) mass is 280 g/mol. The molecule has 2 atom stereocenters. The summed E-state index contributed by atoms with van der Waals surface area (Å²) in [6, 6.07) is 0. The van der Waals surface area contributed by atoms with E-state index in [9.17, 15) is 14.5 Å². The van der Waals surface area contributed by atoms with E-state index in [1.165, 1.54) is 13.8 Å². The highest BCUT2D eigenvalue weighted by atomic mass is 31.2. The molecule has 5 nitrogen and oxygen atoms in total. The van der Waals surface area contributed by atoms with E-state index in [-0.39, 0.29) is 24.2 Å². The van der Waals surface area contributed by atoms with Gasteiger partial charge in [0.15, 0.2) is 0 Å². The molecule has 0 aliphatic heterocycles. The molecule has 0 rings (SSSR count). The maximum Gasteiger partial charge on any atom is 0.331 e. The highest BCUT2D eigenvalue weighted by molar-refractivity contribution is 7.53. The molecule has 1 N–H and O–H groups in total. The van der Waals surface area contributed by atoms with E-state index >= 15 is 0 Å². The van der Waals surface area contributed by atoms with Crippen molar-refractivity contribution in [2.45, 2.75) is 59.9 Å². The van der Waals surface area contributed by atoms with Crippen molar-refractivity contribution in [3.8, 4) is 0 Å². The summed E-state index contributed by atoms with van der Waals surface area (Å²) in [5.74, 6) is -0.946. The third kappa shape index (κ3) is 6.64. The minimum Gasteiger partial charge on any atom is -0.393 e. The Morgan fingerprint density at radius 2 is 1.50 bits per heavy atom. The Labute approximate surface area is 109 Å². The predicted octanol–water partition coefficient (Wildman–Crippen LogP) is 2.62. The van der Waals surface area contributed by atoms with E-state index in [0.717, 1.165) is 0 Å². The number of aliphatic hydroxyl groups is 1. The minimum atomic E-state index is -3.38. The SMILES string of the molecule is CC(=O)[C@H](CP(=O)(OC(C)C)OC(C)C)[C@H](C)O. The summed E-state index contributed by atoms with van der Waals surface area (Å²) in [4.78, 5) is 11.4. The van der Waals surface area contributed by atoms with Crippen LogP contribution in [0.15, 0.2) is 0 Å². The van der Waals surface area contributed by atoms with Gasteiger partial charge in [0.25, 0.3) is 0 Å². The molecule has 0 spiro atoms. The molecule has 108 valence electrons. The molecule has 0 saturated carbocycles. The Bertz CT molecular complexity index is 298. The van der Waals surface area contributed by atoms with Crippen LogP contribution in [0.2, 0.25) is 0 Å². The first-order valence-electron chi connectivity index (χ1n) is 6.21. The summed E-state index contributed by atoms with van der Waals surface area (Å²) >= 11 is 0. The molecule has 0 unspecified atom stereocenters. The van der Waals surface area contributed by atoms with Gasteiger partial charge in [0.2, 0.25) is 0 Å². The first kappa shape index (κ1) is 17.8. The van der Waals surface area contributed by atoms with Crippen LogP contribution in [-0.4, -0.2) is 35.4 Å². The van der Waals surface area contributed by atoms with E-state index in [1.807, 2.05) is 0 Å². The molecule has 0 aromatic heterocycles. The lowest BCUT2D eigenvalue weighted by molar-refractivity contribution is -0.123. The van der Waals surface area contributed by atoms with E-state index in [1.54, 1.807) is 27.7 Å². The second-order valence-electron chi connectivity index (χ2n) is 5.06. The molecular formula is C12H25O5P. The molecule has 18 heavy (non-hydrogen) atoms. The standard InChI is InChI=1S/C12H25O5P/c1-8(2)16-18(15,17-9(3)4)7-12(10(5)13)11(6)14/h8-10,12-13H,7H2,1-6H3/t10-,12+/m0/s1. The molecule has 0 aromatic rings. The predicted molar refractivity (Wildman–Crippen MR) is 70.8 cm³/mol. The van der Waals surface area contributed by atoms with Gasteiger partial charge in [0.1, 0.15) is 5.78 Å². The lowest BCUT2D eigenvalue weighted by atomic mass is 10.0. The molecule has 6 heteroatoms. The fourth-order valence-electron chi connectivity index (χ4n) is 1.61. The van der Waals surface area contributed by atoms with E-state index in [4.69, 9.17) is 9.05 Å². The van der Waals surface area contributed by atoms with Crippen LogP contribution in [0.4, 0.5) is 0 Å². The van der Waals surface area contributed by atoms with Crippen molar-refractivity contribution < 1.29 is 23.5 Å². The number of hydrogen-bond acceptors (Lipinski definition) is 5. The van der Waals surface area contributed by atoms with Gasteiger partial charge >= 0.3 is 7.60 Å². The van der Waals surface area contributed by atoms with Crippen LogP contribution < -0.4 is 0 Å². The fourth-order valence-corrected chi connectivity index (χ4v) is 4.17. The average Bonchev–Trinajstić information content (AvgIpc) is 2.10. The number of Topliss-reactive ketones (excluding diaryl/α,β-unsaturated/α-hetero) is 1. The van der Waals surface area contributed by atoms with Gasteiger partial charge in [-0.1, -0.05) is 0 Å². The van der Waals surface area contributed by atoms with Gasteiger partial charge in [0, 0.05) is 0 Å². The number of ketones is 1. The second kappa shape index (κ2) is 7.39. The van der Waals surface area contributed by atoms with Gasteiger partial charge in [-0.05, 0) is 41.5 Å². The fraction of sp³-hybridized carbons (Fsp3) is 0.917. The third-order valence-electron chi connectivity index (χ3n) is 2.27. The normalized spacial score (nSPS) is 16.1. The Morgan fingerprint density at radius 3 is 1.72 bits per heavy atom. The van der Waals surface area contributed by atoms with Gasteiger partial charge in [0.05, 0.1) is 30.4 Å². The molecule has 0 aliphatic carbocycles. The summed E-state index contributed by atoms with van der Waals surface area (Å²) in [5.41, 5.74) is 0. The van der Waals surface area contributed by atoms with Crippen LogP contribution in [0.5, 0.6) is 0 Å². The molecule has 0 aliphatic rings. The maximum absolute atomic E-state index is 12.5. The van der Waals surface area contributed by atoms with Crippen LogP contribution >= 0.6 is 7.60 Å². The van der Waals surface area contributed by atoms with Crippen LogP contribution in [0, 0.1) is 5.92 Å². The smallest absolute Gasteiger partial charge is 0.331 e. The maximum atomic E-state index is 12.5. The first-order valence-corrected chi connectivity index (χ1v) is 7.94. The quantitative estimate of drug-likeness (QED) is 0.692. The summed E-state index contributed by atoms with van der Waals surface area (Å²) < 4.78 is 23.2. The van der Waals surface area contributed by atoms with Crippen LogP contribution in [0.3, 0.4) is 0 Å². The summed E-state index contributed by atoms with van der Waals surface area (Å²) in [7, 11) is -3.38. The van der Waals surface area contributed by atoms with Crippen molar-refractivity contribution in [1.82, 2.24) is 0 Å². The van der Waals surface area contributed by atoms with Gasteiger partial charge in [-0.15, -0.1) is 0 Å². The molecule has 0 bridgehead atoms. The second-order valence-corrected chi connectivity index (χ2v) is 7.07. The number of aliphatic hydroxyl groups excluding tert-OH is 1. The first-order chi connectivity index (χ1) is 8.07. The summed E-state index contributed by atoms with van der Waals surface area (Å²) in [5, 5.41) is 9.56. The highest BCUT2D eigenvalue weighted by Crippen LogP contribution is 2.52. The van der Waals surface area contributed by atoms with E-state index in [2.05, 4.69) is 0 Å². The van der Waals surface area contributed by atoms with Crippen molar-refractivity contribution in [3.05, 3.63) is 0 Å². The molecule has 0 aromatic carbocycles. The average molecular weight is 280 g/mol. The van der Waals surface area contributed by atoms with Crippen molar-refractivity contribution in [1.29, 1.82) is 0 Å². The largest absolute Gasteiger partial charge is 0.393 e. The molecule has 0 amide bonds. The number of carbonyl (C=O) groups is 1.